The van der Waals surface area contributed by atoms with Crippen LogP contribution in [0.1, 0.15) is 51.1 Å². The molecule has 1 saturated heterocycles. The summed E-state index contributed by atoms with van der Waals surface area (Å²) in [6.45, 7) is 5.74. The van der Waals surface area contributed by atoms with Crippen molar-refractivity contribution in [2.45, 2.75) is 45.6 Å². The Morgan fingerprint density at radius 2 is 2.33 bits per heavy atom. The minimum atomic E-state index is -0.311. The number of carbonyl (C=O) groups excluding carboxylic acids is 1. The Bertz CT molecular complexity index is 478. The number of carbonyl (C=O) groups is 1. The Morgan fingerprint density at radius 1 is 1.52 bits per heavy atom. The summed E-state index contributed by atoms with van der Waals surface area (Å²) in [5, 5.41) is 6.42. The van der Waals surface area contributed by atoms with Crippen molar-refractivity contribution < 1.29 is 9.18 Å². The summed E-state index contributed by atoms with van der Waals surface area (Å²) >= 11 is 0. The minimum Gasteiger partial charge on any atom is -0.349 e. The molecular formula is C17H25FN2O. The molecule has 1 aliphatic heterocycles. The van der Waals surface area contributed by atoms with Gasteiger partial charge in [0.2, 0.25) is 5.91 Å². The van der Waals surface area contributed by atoms with E-state index in [4.69, 9.17) is 0 Å². The van der Waals surface area contributed by atoms with E-state index in [-0.39, 0.29) is 23.2 Å². The molecule has 0 radical (unpaired) electrons. The third-order valence-electron chi connectivity index (χ3n) is 4.38. The van der Waals surface area contributed by atoms with E-state index in [0.29, 0.717) is 0 Å². The lowest BCUT2D eigenvalue weighted by atomic mass is 9.76. The Hall–Kier alpha value is -1.42. The van der Waals surface area contributed by atoms with Crippen molar-refractivity contribution in [3.63, 3.8) is 0 Å². The minimum absolute atomic E-state index is 0.0910. The molecule has 21 heavy (non-hydrogen) atoms. The van der Waals surface area contributed by atoms with E-state index in [9.17, 15) is 9.18 Å². The molecule has 1 amide bonds. The number of nitrogens with one attached hydrogen (secondary N) is 2. The lowest BCUT2D eigenvalue weighted by Crippen LogP contribution is -2.50. The molecule has 0 saturated carbocycles. The first-order valence-corrected chi connectivity index (χ1v) is 7.84. The molecule has 0 aliphatic carbocycles. The van der Waals surface area contributed by atoms with E-state index in [0.717, 1.165) is 44.3 Å². The highest BCUT2D eigenvalue weighted by Gasteiger charge is 2.39. The summed E-state index contributed by atoms with van der Waals surface area (Å²) < 4.78 is 13.3. The van der Waals surface area contributed by atoms with Crippen molar-refractivity contribution in [2.75, 3.05) is 13.1 Å². The standard InChI is InChI=1S/C17H25FN2O/c1-3-8-17(9-5-10-19-12-17)16(21)20-13(2)14-6-4-7-15(18)11-14/h4,6-7,11,13,19H,3,5,8-10,12H2,1-2H3,(H,20,21)/t13-,17?/m0/s1. The second-order valence-electron chi connectivity index (χ2n) is 6.06. The Morgan fingerprint density at radius 3 is 2.95 bits per heavy atom. The van der Waals surface area contributed by atoms with Crippen molar-refractivity contribution in [3.05, 3.63) is 35.6 Å². The zero-order valence-electron chi connectivity index (χ0n) is 12.9. The highest BCUT2D eigenvalue weighted by atomic mass is 19.1. The normalized spacial score (nSPS) is 23.6. The van der Waals surface area contributed by atoms with Crippen molar-refractivity contribution in [2.24, 2.45) is 5.41 Å². The number of halogens is 1. The van der Waals surface area contributed by atoms with Gasteiger partial charge in [0.25, 0.3) is 0 Å². The van der Waals surface area contributed by atoms with Gasteiger partial charge in [-0.15, -0.1) is 0 Å². The molecule has 116 valence electrons. The first-order valence-electron chi connectivity index (χ1n) is 7.84. The maximum absolute atomic E-state index is 13.3. The third kappa shape index (κ3) is 3.82. The van der Waals surface area contributed by atoms with Crippen molar-refractivity contribution in [3.8, 4) is 0 Å². The third-order valence-corrected chi connectivity index (χ3v) is 4.38. The zero-order chi connectivity index (χ0) is 15.3. The number of piperidine rings is 1. The SMILES string of the molecule is CCCC1(C(=O)N[C@@H](C)c2cccc(F)c2)CCCNC1. The average molecular weight is 292 g/mol. The van der Waals surface area contributed by atoms with Crippen molar-refractivity contribution in [1.82, 2.24) is 10.6 Å². The maximum atomic E-state index is 13.3. The van der Waals surface area contributed by atoms with Crippen LogP contribution in [-0.2, 0) is 4.79 Å². The fourth-order valence-corrected chi connectivity index (χ4v) is 3.18. The molecule has 0 spiro atoms. The quantitative estimate of drug-likeness (QED) is 0.875. The van der Waals surface area contributed by atoms with Gasteiger partial charge < -0.3 is 10.6 Å². The van der Waals surface area contributed by atoms with Gasteiger partial charge >= 0.3 is 0 Å². The van der Waals surface area contributed by atoms with Crippen LogP contribution in [0.15, 0.2) is 24.3 Å². The number of hydrogen-bond donors (Lipinski definition) is 2. The van der Waals surface area contributed by atoms with Crippen LogP contribution in [-0.4, -0.2) is 19.0 Å². The van der Waals surface area contributed by atoms with E-state index in [1.54, 1.807) is 6.07 Å². The fourth-order valence-electron chi connectivity index (χ4n) is 3.18. The van der Waals surface area contributed by atoms with Gasteiger partial charge in [0.1, 0.15) is 5.82 Å². The van der Waals surface area contributed by atoms with Gasteiger partial charge in [-0.25, -0.2) is 4.39 Å². The van der Waals surface area contributed by atoms with Gasteiger partial charge in [0.05, 0.1) is 11.5 Å². The number of benzene rings is 1. The highest BCUT2D eigenvalue weighted by molar-refractivity contribution is 5.83. The summed E-state index contributed by atoms with van der Waals surface area (Å²) in [5.74, 6) is -0.176. The van der Waals surface area contributed by atoms with Crippen molar-refractivity contribution >= 4 is 5.91 Å². The van der Waals surface area contributed by atoms with Gasteiger partial charge in [-0.1, -0.05) is 25.5 Å². The summed E-state index contributed by atoms with van der Waals surface area (Å²) in [5.41, 5.74) is 0.493. The van der Waals surface area contributed by atoms with Crippen LogP contribution >= 0.6 is 0 Å². The van der Waals surface area contributed by atoms with E-state index in [1.807, 2.05) is 13.0 Å². The van der Waals surface area contributed by atoms with Crippen LogP contribution in [0.4, 0.5) is 4.39 Å². The molecule has 1 unspecified atom stereocenters. The largest absolute Gasteiger partial charge is 0.349 e. The number of amides is 1. The molecule has 2 rings (SSSR count). The summed E-state index contributed by atoms with van der Waals surface area (Å²) in [4.78, 5) is 12.7. The second-order valence-corrected chi connectivity index (χ2v) is 6.06. The molecule has 1 heterocycles. The van der Waals surface area contributed by atoms with Crippen LogP contribution in [0.3, 0.4) is 0 Å². The molecule has 1 aromatic carbocycles. The molecule has 0 aromatic heterocycles. The summed E-state index contributed by atoms with van der Waals surface area (Å²) in [7, 11) is 0. The van der Waals surface area contributed by atoms with Crippen LogP contribution < -0.4 is 10.6 Å². The topological polar surface area (TPSA) is 41.1 Å². The molecule has 2 N–H and O–H groups in total. The van der Waals surface area contributed by atoms with E-state index < -0.39 is 0 Å². The second kappa shape index (κ2) is 7.03. The summed E-state index contributed by atoms with van der Waals surface area (Å²) in [6.07, 6.45) is 3.84. The van der Waals surface area contributed by atoms with Gasteiger partial charge in [-0.05, 0) is 50.4 Å². The molecule has 1 aliphatic rings. The monoisotopic (exact) mass is 292 g/mol. The predicted octanol–water partition coefficient (Wildman–Crippen LogP) is 3.17. The zero-order valence-corrected chi connectivity index (χ0v) is 12.9. The molecular weight excluding hydrogens is 267 g/mol. The molecule has 1 aromatic rings. The van der Waals surface area contributed by atoms with Gasteiger partial charge in [0, 0.05) is 6.54 Å². The van der Waals surface area contributed by atoms with Crippen LogP contribution in [0, 0.1) is 11.2 Å². The number of rotatable bonds is 5. The number of hydrogen-bond acceptors (Lipinski definition) is 2. The molecule has 1 fully saturated rings. The van der Waals surface area contributed by atoms with Gasteiger partial charge in [-0.3, -0.25) is 4.79 Å². The van der Waals surface area contributed by atoms with Gasteiger partial charge in [-0.2, -0.15) is 0 Å². The lowest BCUT2D eigenvalue weighted by molar-refractivity contribution is -0.133. The average Bonchev–Trinajstić information content (AvgIpc) is 2.48. The Labute approximate surface area is 126 Å². The molecule has 0 bridgehead atoms. The maximum Gasteiger partial charge on any atom is 0.227 e. The first kappa shape index (κ1) is 16.0. The molecule has 2 atom stereocenters. The molecule has 4 heteroatoms. The summed E-state index contributed by atoms with van der Waals surface area (Å²) in [6, 6.07) is 6.25. The van der Waals surface area contributed by atoms with Gasteiger partial charge in [0.15, 0.2) is 0 Å². The van der Waals surface area contributed by atoms with Crippen molar-refractivity contribution in [1.29, 1.82) is 0 Å². The predicted molar refractivity (Wildman–Crippen MR) is 82.4 cm³/mol. The smallest absolute Gasteiger partial charge is 0.227 e. The van der Waals surface area contributed by atoms with Crippen LogP contribution in [0.5, 0.6) is 0 Å². The highest BCUT2D eigenvalue weighted by Crippen LogP contribution is 2.32. The Kier molecular flexibility index (Phi) is 5.34. The Balaban J connectivity index is 2.07. The molecule has 3 nitrogen and oxygen atoms in total. The van der Waals surface area contributed by atoms with Crippen LogP contribution in [0.25, 0.3) is 0 Å². The van der Waals surface area contributed by atoms with E-state index in [1.165, 1.54) is 12.1 Å². The van der Waals surface area contributed by atoms with E-state index in [2.05, 4.69) is 17.6 Å². The fraction of sp³-hybridized carbons (Fsp3) is 0.588. The van der Waals surface area contributed by atoms with Crippen LogP contribution in [0.2, 0.25) is 0 Å². The first-order chi connectivity index (χ1) is 10.1. The van der Waals surface area contributed by atoms with E-state index >= 15 is 0 Å². The lowest BCUT2D eigenvalue weighted by Gasteiger charge is -2.37.